The molecule has 0 radical (unpaired) electrons. The smallest absolute Gasteiger partial charge is 0.368 e. The van der Waals surface area contributed by atoms with Crippen molar-refractivity contribution in [1.82, 2.24) is 0 Å². The predicted molar refractivity (Wildman–Crippen MR) is 52.9 cm³/mol. The van der Waals surface area contributed by atoms with Crippen LogP contribution in [0.15, 0.2) is 22.7 Å². The van der Waals surface area contributed by atoms with Crippen LogP contribution in [0.25, 0.3) is 0 Å². The molecule has 72 valence electrons. The van der Waals surface area contributed by atoms with Gasteiger partial charge in [-0.2, -0.15) is 13.6 Å². The van der Waals surface area contributed by atoms with Crippen molar-refractivity contribution in [2.45, 2.75) is 0 Å². The molecule has 1 aromatic rings. The van der Waals surface area contributed by atoms with Gasteiger partial charge >= 0.3 is 10.3 Å². The molecule has 0 atom stereocenters. The molecule has 0 aliphatic heterocycles. The molecule has 1 aromatic carbocycles. The molecular weight excluding hydrogens is 281 g/mol. The summed E-state index contributed by atoms with van der Waals surface area (Å²) in [7, 11) is -4.04. The van der Waals surface area contributed by atoms with Crippen LogP contribution in [0.3, 0.4) is 0 Å². The van der Waals surface area contributed by atoms with Crippen molar-refractivity contribution in [1.29, 1.82) is 0 Å². The van der Waals surface area contributed by atoms with Crippen molar-refractivity contribution >= 4 is 37.8 Å². The molecule has 0 spiro atoms. The largest absolute Gasteiger partial charge is 0.380 e. The number of para-hydroxylation sites is 1. The minimum atomic E-state index is -4.04. The lowest BCUT2D eigenvalue weighted by molar-refractivity contribution is 0.486. The van der Waals surface area contributed by atoms with Gasteiger partial charge in [-0.05, 0) is 28.1 Å². The molecule has 0 aromatic heterocycles. The number of halogens is 2. The third-order valence-corrected chi connectivity index (χ3v) is 2.44. The Morgan fingerprint density at radius 1 is 1.46 bits per heavy atom. The first-order valence-corrected chi connectivity index (χ1v) is 5.70. The number of nitrogens with two attached hydrogens (primary N) is 1. The van der Waals surface area contributed by atoms with Crippen LogP contribution in [0.1, 0.15) is 0 Å². The van der Waals surface area contributed by atoms with Gasteiger partial charge in [-0.3, -0.25) is 0 Å². The van der Waals surface area contributed by atoms with Crippen molar-refractivity contribution in [3.8, 4) is 5.75 Å². The summed E-state index contributed by atoms with van der Waals surface area (Å²) in [5.74, 6) is -0.00772. The predicted octanol–water partition coefficient (Wildman–Crippen LogP) is 1.68. The van der Waals surface area contributed by atoms with Gasteiger partial charge in [0, 0.05) is 0 Å². The molecule has 0 saturated heterocycles. The van der Waals surface area contributed by atoms with Gasteiger partial charge in [-0.15, -0.1) is 0 Å². The molecule has 0 bridgehead atoms. The monoisotopic (exact) mass is 285 g/mol. The Bertz CT molecular complexity index is 400. The zero-order valence-electron chi connectivity index (χ0n) is 6.20. The Balaban J connectivity index is 3.15. The summed E-state index contributed by atoms with van der Waals surface area (Å²) in [6.45, 7) is 0. The second-order valence-electron chi connectivity index (χ2n) is 2.13. The molecule has 0 heterocycles. The Labute approximate surface area is 89.0 Å². The molecule has 2 N–H and O–H groups in total. The second kappa shape index (κ2) is 3.83. The highest BCUT2D eigenvalue weighted by atomic mass is 79.9. The van der Waals surface area contributed by atoms with Crippen LogP contribution in [0.2, 0.25) is 5.02 Å². The lowest BCUT2D eigenvalue weighted by Crippen LogP contribution is -2.19. The highest BCUT2D eigenvalue weighted by Crippen LogP contribution is 2.33. The molecule has 0 aliphatic rings. The van der Waals surface area contributed by atoms with E-state index in [4.69, 9.17) is 11.6 Å². The van der Waals surface area contributed by atoms with Gasteiger partial charge in [-0.25, -0.2) is 0 Å². The van der Waals surface area contributed by atoms with E-state index in [9.17, 15) is 8.42 Å². The first-order valence-electron chi connectivity index (χ1n) is 3.06. The van der Waals surface area contributed by atoms with Gasteiger partial charge in [0.2, 0.25) is 0 Å². The Hall–Kier alpha value is -0.300. The lowest BCUT2D eigenvalue weighted by Gasteiger charge is -2.05. The summed E-state index contributed by atoms with van der Waals surface area (Å²) in [6.07, 6.45) is 0. The average molecular weight is 287 g/mol. The molecule has 4 nitrogen and oxygen atoms in total. The zero-order valence-corrected chi connectivity index (χ0v) is 9.36. The van der Waals surface area contributed by atoms with Crippen LogP contribution in [-0.2, 0) is 10.3 Å². The number of hydrogen-bond donors (Lipinski definition) is 1. The van der Waals surface area contributed by atoms with E-state index in [0.717, 1.165) is 0 Å². The van der Waals surface area contributed by atoms with Crippen molar-refractivity contribution in [2.24, 2.45) is 5.14 Å². The van der Waals surface area contributed by atoms with Crippen molar-refractivity contribution < 1.29 is 12.6 Å². The summed E-state index contributed by atoms with van der Waals surface area (Å²) >= 11 is 8.73. The van der Waals surface area contributed by atoms with E-state index in [1.807, 2.05) is 0 Å². The van der Waals surface area contributed by atoms with E-state index >= 15 is 0 Å². The van der Waals surface area contributed by atoms with E-state index in [1.165, 1.54) is 6.07 Å². The fraction of sp³-hybridized carbons (Fsp3) is 0. The van der Waals surface area contributed by atoms with E-state index in [2.05, 4.69) is 25.3 Å². The van der Waals surface area contributed by atoms with Crippen LogP contribution in [-0.4, -0.2) is 8.42 Å². The topological polar surface area (TPSA) is 69.4 Å². The van der Waals surface area contributed by atoms with E-state index in [1.54, 1.807) is 12.1 Å². The highest BCUT2D eigenvalue weighted by Gasteiger charge is 2.12. The summed E-state index contributed by atoms with van der Waals surface area (Å²) < 4.78 is 26.0. The van der Waals surface area contributed by atoms with Gasteiger partial charge < -0.3 is 4.18 Å². The number of hydrogen-bond acceptors (Lipinski definition) is 3. The average Bonchev–Trinajstić information content (AvgIpc) is 1.95. The highest BCUT2D eigenvalue weighted by molar-refractivity contribution is 9.10. The van der Waals surface area contributed by atoms with Crippen molar-refractivity contribution in [3.63, 3.8) is 0 Å². The minimum Gasteiger partial charge on any atom is -0.368 e. The lowest BCUT2D eigenvalue weighted by atomic mass is 10.3. The maximum atomic E-state index is 10.6. The Kier molecular flexibility index (Phi) is 3.18. The van der Waals surface area contributed by atoms with Crippen LogP contribution in [0, 0.1) is 0 Å². The first kappa shape index (κ1) is 10.8. The van der Waals surface area contributed by atoms with Gasteiger partial charge in [0.15, 0.2) is 5.75 Å². The fourth-order valence-corrected chi connectivity index (χ4v) is 2.02. The quantitative estimate of drug-likeness (QED) is 0.899. The van der Waals surface area contributed by atoms with Gasteiger partial charge in [-0.1, -0.05) is 17.7 Å². The van der Waals surface area contributed by atoms with Crippen LogP contribution >= 0.6 is 27.5 Å². The molecule has 7 heteroatoms. The summed E-state index contributed by atoms with van der Waals surface area (Å²) in [5.41, 5.74) is 0. The fourth-order valence-electron chi connectivity index (χ4n) is 0.678. The third kappa shape index (κ3) is 3.15. The van der Waals surface area contributed by atoms with E-state index in [-0.39, 0.29) is 10.8 Å². The maximum absolute atomic E-state index is 10.6. The van der Waals surface area contributed by atoms with Crippen molar-refractivity contribution in [3.05, 3.63) is 27.7 Å². The SMILES string of the molecule is NS(=O)(=O)Oc1c(Cl)cccc1Br. The van der Waals surface area contributed by atoms with Gasteiger partial charge in [0.25, 0.3) is 0 Å². The summed E-state index contributed by atoms with van der Waals surface area (Å²) in [5, 5.41) is 4.85. The maximum Gasteiger partial charge on any atom is 0.380 e. The Morgan fingerprint density at radius 2 is 2.08 bits per heavy atom. The van der Waals surface area contributed by atoms with Crippen LogP contribution in [0.4, 0.5) is 0 Å². The van der Waals surface area contributed by atoms with E-state index in [0.29, 0.717) is 4.47 Å². The Morgan fingerprint density at radius 3 is 2.54 bits per heavy atom. The first-order chi connectivity index (χ1) is 5.90. The summed E-state index contributed by atoms with van der Waals surface area (Å²) in [4.78, 5) is 0. The molecule has 13 heavy (non-hydrogen) atoms. The van der Waals surface area contributed by atoms with E-state index < -0.39 is 10.3 Å². The molecule has 0 saturated carbocycles. The molecular formula is C6H5BrClNO3S. The van der Waals surface area contributed by atoms with Crippen LogP contribution in [0.5, 0.6) is 5.75 Å². The second-order valence-corrected chi connectivity index (χ2v) is 4.54. The standard InChI is InChI=1S/C6H5BrClNO3S/c7-4-2-1-3-5(8)6(4)12-13(9,10)11/h1-3H,(H2,9,10,11). The molecule has 0 fully saturated rings. The molecule has 0 amide bonds. The number of benzene rings is 1. The normalized spacial score (nSPS) is 11.3. The van der Waals surface area contributed by atoms with Gasteiger partial charge in [0.1, 0.15) is 0 Å². The minimum absolute atomic E-state index is 0.00772. The summed E-state index contributed by atoms with van der Waals surface area (Å²) in [6, 6.07) is 4.72. The molecule has 0 aliphatic carbocycles. The zero-order chi connectivity index (χ0) is 10.1. The molecule has 0 unspecified atom stereocenters. The van der Waals surface area contributed by atoms with Crippen molar-refractivity contribution in [2.75, 3.05) is 0 Å². The number of rotatable bonds is 2. The van der Waals surface area contributed by atoms with Crippen LogP contribution < -0.4 is 9.32 Å². The molecule has 1 rings (SSSR count). The van der Waals surface area contributed by atoms with Gasteiger partial charge in [0.05, 0.1) is 9.50 Å². The third-order valence-electron chi connectivity index (χ3n) is 1.12.